The monoisotopic (exact) mass is 468 g/mol. The standard InChI is InChI=1S/C24H25BrN2O3/c1-2-3-12-27(24(28)19-8-11-22-23(14-19)30-17-29-22)16-21-5-4-13-26(21)15-18-6-9-20(25)10-7-18/h4-11,13-14H,2-3,12,15-17H2,1H3. The molecule has 1 aliphatic heterocycles. The topological polar surface area (TPSA) is 43.7 Å². The van der Waals surface area contributed by atoms with Crippen LogP contribution in [0.4, 0.5) is 0 Å². The van der Waals surface area contributed by atoms with E-state index in [4.69, 9.17) is 9.47 Å². The number of carbonyl (C=O) groups is 1. The van der Waals surface area contributed by atoms with E-state index in [0.717, 1.165) is 29.6 Å². The van der Waals surface area contributed by atoms with Gasteiger partial charge in [0, 0.05) is 35.0 Å². The average molecular weight is 469 g/mol. The first-order valence-corrected chi connectivity index (χ1v) is 11.0. The molecule has 4 rings (SSSR count). The van der Waals surface area contributed by atoms with Gasteiger partial charge < -0.3 is 18.9 Å². The second-order valence-corrected chi connectivity index (χ2v) is 8.32. The Morgan fingerprint density at radius 1 is 1.10 bits per heavy atom. The van der Waals surface area contributed by atoms with Gasteiger partial charge in [-0.3, -0.25) is 4.79 Å². The summed E-state index contributed by atoms with van der Waals surface area (Å²) < 4.78 is 14.1. The van der Waals surface area contributed by atoms with Crippen LogP contribution in [-0.2, 0) is 13.1 Å². The number of hydrogen-bond donors (Lipinski definition) is 0. The van der Waals surface area contributed by atoms with Crippen molar-refractivity contribution in [3.8, 4) is 11.5 Å². The molecular weight excluding hydrogens is 444 g/mol. The van der Waals surface area contributed by atoms with Crippen LogP contribution in [0.25, 0.3) is 0 Å². The number of ether oxygens (including phenoxy) is 2. The van der Waals surface area contributed by atoms with Gasteiger partial charge in [0.15, 0.2) is 11.5 Å². The molecule has 2 aromatic carbocycles. The predicted octanol–water partition coefficient (Wildman–Crippen LogP) is 5.47. The normalized spacial score (nSPS) is 12.2. The van der Waals surface area contributed by atoms with Crippen molar-refractivity contribution in [3.63, 3.8) is 0 Å². The largest absolute Gasteiger partial charge is 0.454 e. The van der Waals surface area contributed by atoms with Gasteiger partial charge in [-0.05, 0) is 54.4 Å². The number of halogens is 1. The number of unbranched alkanes of at least 4 members (excludes halogenated alkanes) is 1. The van der Waals surface area contributed by atoms with Gasteiger partial charge in [0.2, 0.25) is 6.79 Å². The Labute approximate surface area is 185 Å². The number of fused-ring (bicyclic) bond motifs is 1. The molecule has 3 aromatic rings. The molecule has 0 spiro atoms. The number of carbonyl (C=O) groups excluding carboxylic acids is 1. The smallest absolute Gasteiger partial charge is 0.254 e. The van der Waals surface area contributed by atoms with Crippen molar-refractivity contribution >= 4 is 21.8 Å². The summed E-state index contributed by atoms with van der Waals surface area (Å²) >= 11 is 3.48. The fraction of sp³-hybridized carbons (Fsp3) is 0.292. The van der Waals surface area contributed by atoms with Gasteiger partial charge in [-0.2, -0.15) is 0 Å². The van der Waals surface area contributed by atoms with Gasteiger partial charge in [0.05, 0.1) is 6.54 Å². The molecule has 0 radical (unpaired) electrons. The van der Waals surface area contributed by atoms with E-state index in [-0.39, 0.29) is 12.7 Å². The highest BCUT2D eigenvalue weighted by Crippen LogP contribution is 2.33. The Morgan fingerprint density at radius 2 is 1.90 bits per heavy atom. The molecule has 0 saturated carbocycles. The van der Waals surface area contributed by atoms with E-state index in [2.05, 4.69) is 63.9 Å². The molecule has 6 heteroatoms. The predicted molar refractivity (Wildman–Crippen MR) is 120 cm³/mol. The van der Waals surface area contributed by atoms with Crippen LogP contribution in [0.3, 0.4) is 0 Å². The minimum atomic E-state index is 0.0122. The molecule has 0 saturated heterocycles. The first-order valence-electron chi connectivity index (χ1n) is 10.2. The molecule has 0 aliphatic carbocycles. The van der Waals surface area contributed by atoms with Crippen molar-refractivity contribution in [2.45, 2.75) is 32.9 Å². The van der Waals surface area contributed by atoms with Crippen LogP contribution in [0.2, 0.25) is 0 Å². The summed E-state index contributed by atoms with van der Waals surface area (Å²) in [6.45, 7) is 4.40. The van der Waals surface area contributed by atoms with Crippen molar-refractivity contribution in [2.24, 2.45) is 0 Å². The summed E-state index contributed by atoms with van der Waals surface area (Å²) in [6, 6.07) is 17.9. The maximum atomic E-state index is 13.3. The highest BCUT2D eigenvalue weighted by atomic mass is 79.9. The first kappa shape index (κ1) is 20.5. The van der Waals surface area contributed by atoms with Crippen LogP contribution in [-0.4, -0.2) is 28.7 Å². The molecule has 0 N–H and O–H groups in total. The maximum Gasteiger partial charge on any atom is 0.254 e. The highest BCUT2D eigenvalue weighted by Gasteiger charge is 2.21. The summed E-state index contributed by atoms with van der Waals surface area (Å²) in [4.78, 5) is 15.2. The van der Waals surface area contributed by atoms with Crippen molar-refractivity contribution in [3.05, 3.63) is 82.1 Å². The van der Waals surface area contributed by atoms with E-state index < -0.39 is 0 Å². The van der Waals surface area contributed by atoms with Crippen LogP contribution >= 0.6 is 15.9 Å². The Balaban J connectivity index is 1.53. The van der Waals surface area contributed by atoms with Crippen molar-refractivity contribution in [1.29, 1.82) is 0 Å². The molecule has 2 heterocycles. The number of aromatic nitrogens is 1. The fourth-order valence-electron chi connectivity index (χ4n) is 3.54. The van der Waals surface area contributed by atoms with Crippen LogP contribution in [0, 0.1) is 0 Å². The van der Waals surface area contributed by atoms with E-state index in [1.807, 2.05) is 23.1 Å². The third-order valence-electron chi connectivity index (χ3n) is 5.23. The molecule has 1 amide bonds. The van der Waals surface area contributed by atoms with E-state index in [1.54, 1.807) is 6.07 Å². The Hall–Kier alpha value is -2.73. The number of benzene rings is 2. The van der Waals surface area contributed by atoms with E-state index in [1.165, 1.54) is 5.56 Å². The van der Waals surface area contributed by atoms with Gasteiger partial charge in [0.1, 0.15) is 0 Å². The van der Waals surface area contributed by atoms with Gasteiger partial charge in [-0.1, -0.05) is 41.4 Å². The minimum absolute atomic E-state index is 0.0122. The van der Waals surface area contributed by atoms with Crippen LogP contribution in [0.5, 0.6) is 11.5 Å². The lowest BCUT2D eigenvalue weighted by Gasteiger charge is -2.24. The van der Waals surface area contributed by atoms with E-state index in [0.29, 0.717) is 30.2 Å². The second kappa shape index (κ2) is 9.39. The van der Waals surface area contributed by atoms with Crippen LogP contribution in [0.1, 0.15) is 41.4 Å². The summed E-state index contributed by atoms with van der Waals surface area (Å²) in [6.07, 6.45) is 4.06. The molecule has 0 fully saturated rings. The fourth-order valence-corrected chi connectivity index (χ4v) is 3.81. The molecule has 0 atom stereocenters. The quantitative estimate of drug-likeness (QED) is 0.440. The summed E-state index contributed by atoms with van der Waals surface area (Å²) in [7, 11) is 0. The Morgan fingerprint density at radius 3 is 2.70 bits per heavy atom. The molecule has 1 aromatic heterocycles. The zero-order valence-electron chi connectivity index (χ0n) is 17.0. The molecule has 30 heavy (non-hydrogen) atoms. The summed E-state index contributed by atoms with van der Waals surface area (Å²) in [5, 5.41) is 0. The van der Waals surface area contributed by atoms with Crippen molar-refractivity contribution < 1.29 is 14.3 Å². The Bertz CT molecular complexity index is 1010. The lowest BCUT2D eigenvalue weighted by molar-refractivity contribution is 0.0736. The molecule has 5 nitrogen and oxygen atoms in total. The van der Waals surface area contributed by atoms with E-state index >= 15 is 0 Å². The molecular formula is C24H25BrN2O3. The van der Waals surface area contributed by atoms with Crippen LogP contribution in [0.15, 0.2) is 65.3 Å². The Kier molecular flexibility index (Phi) is 6.43. The van der Waals surface area contributed by atoms with E-state index in [9.17, 15) is 4.79 Å². The molecule has 0 unspecified atom stereocenters. The second-order valence-electron chi connectivity index (χ2n) is 7.40. The van der Waals surface area contributed by atoms with Gasteiger partial charge >= 0.3 is 0 Å². The lowest BCUT2D eigenvalue weighted by Crippen LogP contribution is -2.32. The maximum absolute atomic E-state index is 13.3. The minimum Gasteiger partial charge on any atom is -0.454 e. The zero-order valence-corrected chi connectivity index (χ0v) is 18.6. The van der Waals surface area contributed by atoms with Gasteiger partial charge in [0.25, 0.3) is 5.91 Å². The SMILES string of the molecule is CCCCN(Cc1cccn1Cc1ccc(Br)cc1)C(=O)c1ccc2c(c1)OCO2. The molecule has 0 bridgehead atoms. The highest BCUT2D eigenvalue weighted by molar-refractivity contribution is 9.10. The third-order valence-corrected chi connectivity index (χ3v) is 5.76. The summed E-state index contributed by atoms with van der Waals surface area (Å²) in [5.41, 5.74) is 2.96. The number of hydrogen-bond acceptors (Lipinski definition) is 3. The van der Waals surface area contributed by atoms with Crippen molar-refractivity contribution in [1.82, 2.24) is 9.47 Å². The lowest BCUT2D eigenvalue weighted by atomic mass is 10.1. The van der Waals surface area contributed by atoms with Crippen molar-refractivity contribution in [2.75, 3.05) is 13.3 Å². The molecule has 156 valence electrons. The molecule has 1 aliphatic rings. The third kappa shape index (κ3) is 4.70. The van der Waals surface area contributed by atoms with Crippen LogP contribution < -0.4 is 9.47 Å². The number of amides is 1. The zero-order chi connectivity index (χ0) is 20.9. The van der Waals surface area contributed by atoms with Gasteiger partial charge in [-0.25, -0.2) is 0 Å². The van der Waals surface area contributed by atoms with Gasteiger partial charge in [-0.15, -0.1) is 0 Å². The number of rotatable bonds is 8. The number of nitrogens with zero attached hydrogens (tertiary/aromatic N) is 2. The first-order chi connectivity index (χ1) is 14.6. The average Bonchev–Trinajstić information content (AvgIpc) is 3.41. The summed E-state index contributed by atoms with van der Waals surface area (Å²) in [5.74, 6) is 1.34.